The van der Waals surface area contributed by atoms with Crippen LogP contribution in [0.5, 0.6) is 0 Å². The Bertz CT molecular complexity index is 116. The average Bonchev–Trinajstić information content (AvgIpc) is 2.05. The lowest BCUT2D eigenvalue weighted by Gasteiger charge is -2.16. The number of hydrogen-bond acceptors (Lipinski definition) is 3. The van der Waals surface area contributed by atoms with Crippen molar-refractivity contribution in [1.29, 1.82) is 5.26 Å². The molecule has 0 radical (unpaired) electrons. The average molecular weight is 172 g/mol. The lowest BCUT2D eigenvalue weighted by atomic mass is 10.4. The zero-order valence-electron chi connectivity index (χ0n) is 7.34. The highest BCUT2D eigenvalue weighted by Gasteiger charge is 1.96. The van der Waals surface area contributed by atoms with Gasteiger partial charge < -0.3 is 4.90 Å². The molecule has 0 aromatic heterocycles. The lowest BCUT2D eigenvalue weighted by Crippen LogP contribution is -2.24. The van der Waals surface area contributed by atoms with E-state index >= 15 is 0 Å². The second kappa shape index (κ2) is 7.90. The molecule has 0 saturated heterocycles. The van der Waals surface area contributed by atoms with E-state index in [4.69, 9.17) is 5.26 Å². The van der Waals surface area contributed by atoms with Gasteiger partial charge in [-0.15, -0.1) is 0 Å². The van der Waals surface area contributed by atoms with Crippen LogP contribution >= 0.6 is 11.8 Å². The van der Waals surface area contributed by atoms with Crippen LogP contribution in [0.1, 0.15) is 20.3 Å². The van der Waals surface area contributed by atoms with Gasteiger partial charge in [0.15, 0.2) is 0 Å². The second-order valence-electron chi connectivity index (χ2n) is 2.32. The topological polar surface area (TPSA) is 27.0 Å². The van der Waals surface area contributed by atoms with Crippen molar-refractivity contribution in [3.8, 4) is 5.40 Å². The fraction of sp³-hybridized carbons (Fsp3) is 0.875. The molecule has 0 fully saturated rings. The molecule has 0 saturated carbocycles. The number of nitriles is 1. The molecule has 11 heavy (non-hydrogen) atoms. The van der Waals surface area contributed by atoms with Crippen LogP contribution in [-0.2, 0) is 0 Å². The van der Waals surface area contributed by atoms with Crippen LogP contribution in [0, 0.1) is 10.7 Å². The van der Waals surface area contributed by atoms with Crippen LogP contribution in [0.3, 0.4) is 0 Å². The van der Waals surface area contributed by atoms with Crippen LogP contribution in [0.4, 0.5) is 0 Å². The van der Waals surface area contributed by atoms with Crippen LogP contribution < -0.4 is 0 Å². The molecule has 0 spiro atoms. The van der Waals surface area contributed by atoms with Crippen molar-refractivity contribution in [2.75, 3.05) is 25.4 Å². The Kier molecular flexibility index (Phi) is 7.76. The summed E-state index contributed by atoms with van der Waals surface area (Å²) in [7, 11) is 0. The monoisotopic (exact) mass is 172 g/mol. The van der Waals surface area contributed by atoms with Crippen LogP contribution in [-0.4, -0.2) is 30.3 Å². The Morgan fingerprint density at radius 2 is 2.00 bits per heavy atom. The molecule has 0 heterocycles. The number of hydrogen-bond donors (Lipinski definition) is 0. The minimum absolute atomic E-state index is 0.965. The summed E-state index contributed by atoms with van der Waals surface area (Å²) in [5.41, 5.74) is 0. The molecular weight excluding hydrogens is 156 g/mol. The quantitative estimate of drug-likeness (QED) is 0.452. The molecule has 0 unspecified atom stereocenters. The van der Waals surface area contributed by atoms with Gasteiger partial charge >= 0.3 is 0 Å². The number of thioether (sulfide) groups is 1. The first-order valence-electron chi connectivity index (χ1n) is 4.08. The summed E-state index contributed by atoms with van der Waals surface area (Å²) in [5, 5.41) is 10.3. The number of nitrogens with zero attached hydrogens (tertiary/aromatic N) is 2. The Morgan fingerprint density at radius 1 is 1.36 bits per heavy atom. The van der Waals surface area contributed by atoms with E-state index in [1.807, 2.05) is 0 Å². The highest BCUT2D eigenvalue weighted by Crippen LogP contribution is 2.00. The first kappa shape index (κ1) is 10.8. The third-order valence-electron chi connectivity index (χ3n) is 1.68. The first-order valence-corrected chi connectivity index (χ1v) is 5.06. The van der Waals surface area contributed by atoms with E-state index in [0.717, 1.165) is 31.8 Å². The molecule has 0 aliphatic heterocycles. The van der Waals surface area contributed by atoms with Crippen molar-refractivity contribution in [2.24, 2.45) is 0 Å². The zero-order chi connectivity index (χ0) is 8.53. The van der Waals surface area contributed by atoms with Crippen LogP contribution in [0.25, 0.3) is 0 Å². The van der Waals surface area contributed by atoms with Crippen molar-refractivity contribution in [1.82, 2.24) is 4.90 Å². The summed E-state index contributed by atoms with van der Waals surface area (Å²) in [6.07, 6.45) is 1.12. The molecule has 0 N–H and O–H groups in total. The van der Waals surface area contributed by atoms with Gasteiger partial charge in [-0.05, 0) is 37.8 Å². The van der Waals surface area contributed by atoms with Gasteiger partial charge in [0, 0.05) is 5.75 Å². The summed E-state index contributed by atoms with van der Waals surface area (Å²) in [6, 6.07) is 0. The number of thiocyanates is 1. The van der Waals surface area contributed by atoms with Gasteiger partial charge in [0.1, 0.15) is 5.40 Å². The summed E-state index contributed by atoms with van der Waals surface area (Å²) < 4.78 is 0. The molecule has 0 rings (SSSR count). The molecule has 0 aliphatic rings. The van der Waals surface area contributed by atoms with Gasteiger partial charge in [0.05, 0.1) is 0 Å². The van der Waals surface area contributed by atoms with E-state index in [9.17, 15) is 0 Å². The second-order valence-corrected chi connectivity index (χ2v) is 3.20. The summed E-state index contributed by atoms with van der Waals surface area (Å²) in [5.74, 6) is 0.965. The summed E-state index contributed by atoms with van der Waals surface area (Å²) >= 11 is 1.35. The summed E-state index contributed by atoms with van der Waals surface area (Å²) in [6.45, 7) is 7.70. The Labute approximate surface area is 73.6 Å². The SMILES string of the molecule is CCN(CC)CCCSC#N. The highest BCUT2D eigenvalue weighted by atomic mass is 32.2. The molecule has 0 aromatic carbocycles. The molecule has 0 aromatic rings. The van der Waals surface area contributed by atoms with Crippen LogP contribution in [0.2, 0.25) is 0 Å². The predicted octanol–water partition coefficient (Wildman–Crippen LogP) is 1.93. The van der Waals surface area contributed by atoms with Crippen molar-refractivity contribution in [3.05, 3.63) is 0 Å². The van der Waals surface area contributed by atoms with E-state index < -0.39 is 0 Å². The van der Waals surface area contributed by atoms with Gasteiger partial charge in [-0.3, -0.25) is 0 Å². The largest absolute Gasteiger partial charge is 0.304 e. The minimum Gasteiger partial charge on any atom is -0.304 e. The van der Waals surface area contributed by atoms with E-state index in [2.05, 4.69) is 24.1 Å². The van der Waals surface area contributed by atoms with Gasteiger partial charge in [-0.2, -0.15) is 5.26 Å². The van der Waals surface area contributed by atoms with Crippen molar-refractivity contribution >= 4 is 11.8 Å². The fourth-order valence-corrected chi connectivity index (χ4v) is 1.31. The van der Waals surface area contributed by atoms with E-state index in [1.54, 1.807) is 0 Å². The standard InChI is InChI=1S/C8H16N2S/c1-3-10(4-2)6-5-7-11-8-9/h3-7H2,1-2H3. The van der Waals surface area contributed by atoms with E-state index in [-0.39, 0.29) is 0 Å². The third-order valence-corrected chi connectivity index (χ3v) is 2.30. The maximum atomic E-state index is 8.25. The van der Waals surface area contributed by atoms with Crippen molar-refractivity contribution < 1.29 is 0 Å². The molecule has 0 amide bonds. The molecule has 3 heteroatoms. The molecular formula is C8H16N2S. The molecule has 0 aliphatic carbocycles. The maximum Gasteiger partial charge on any atom is 0.133 e. The van der Waals surface area contributed by atoms with Crippen LogP contribution in [0.15, 0.2) is 0 Å². The molecule has 0 atom stereocenters. The third kappa shape index (κ3) is 6.21. The van der Waals surface area contributed by atoms with E-state index in [1.165, 1.54) is 11.8 Å². The molecule has 64 valence electrons. The predicted molar refractivity (Wildman–Crippen MR) is 50.5 cm³/mol. The number of rotatable bonds is 6. The summed E-state index contributed by atoms with van der Waals surface area (Å²) in [4.78, 5) is 2.37. The minimum atomic E-state index is 0.965. The Hall–Kier alpha value is -0.200. The molecule has 2 nitrogen and oxygen atoms in total. The van der Waals surface area contributed by atoms with Gasteiger partial charge in [0.25, 0.3) is 0 Å². The Morgan fingerprint density at radius 3 is 2.45 bits per heavy atom. The maximum absolute atomic E-state index is 8.25. The van der Waals surface area contributed by atoms with Gasteiger partial charge in [-0.25, -0.2) is 0 Å². The lowest BCUT2D eigenvalue weighted by molar-refractivity contribution is 0.305. The normalized spacial score (nSPS) is 10.0. The smallest absolute Gasteiger partial charge is 0.133 e. The van der Waals surface area contributed by atoms with E-state index in [0.29, 0.717) is 0 Å². The zero-order valence-corrected chi connectivity index (χ0v) is 8.15. The first-order chi connectivity index (χ1) is 5.35. The Balaban J connectivity index is 3.16. The molecule has 0 bridgehead atoms. The fourth-order valence-electron chi connectivity index (χ4n) is 0.946. The van der Waals surface area contributed by atoms with Crippen molar-refractivity contribution in [2.45, 2.75) is 20.3 Å². The van der Waals surface area contributed by atoms with Gasteiger partial charge in [-0.1, -0.05) is 13.8 Å². The van der Waals surface area contributed by atoms with Crippen molar-refractivity contribution in [3.63, 3.8) is 0 Å². The highest BCUT2D eigenvalue weighted by molar-refractivity contribution is 8.03. The van der Waals surface area contributed by atoms with Gasteiger partial charge in [0.2, 0.25) is 0 Å².